The fourth-order valence-electron chi connectivity index (χ4n) is 5.69. The molecule has 6 nitrogen and oxygen atoms in total. The van der Waals surface area contributed by atoms with Crippen molar-refractivity contribution in [2.75, 3.05) is 14.2 Å². The van der Waals surface area contributed by atoms with Gasteiger partial charge < -0.3 is 24.1 Å². The molecule has 0 bridgehead atoms. The van der Waals surface area contributed by atoms with Gasteiger partial charge >= 0.3 is 5.97 Å². The van der Waals surface area contributed by atoms with Crippen LogP contribution in [0.15, 0.2) is 36.5 Å². The Morgan fingerprint density at radius 1 is 1.29 bits per heavy atom. The van der Waals surface area contributed by atoms with Crippen LogP contribution in [0.4, 0.5) is 0 Å². The zero-order chi connectivity index (χ0) is 25.6. The van der Waals surface area contributed by atoms with E-state index in [1.807, 2.05) is 6.08 Å². The lowest BCUT2D eigenvalue weighted by molar-refractivity contribution is -0.149. The number of hydrogen-bond donors (Lipinski definition) is 1. The van der Waals surface area contributed by atoms with Crippen molar-refractivity contribution in [2.45, 2.75) is 96.9 Å². The van der Waals surface area contributed by atoms with Crippen molar-refractivity contribution in [1.29, 1.82) is 0 Å². The fourth-order valence-corrected chi connectivity index (χ4v) is 5.69. The maximum absolute atomic E-state index is 11.8. The molecule has 2 aliphatic heterocycles. The van der Waals surface area contributed by atoms with E-state index in [1.54, 1.807) is 14.0 Å². The van der Waals surface area contributed by atoms with Gasteiger partial charge in [-0.1, -0.05) is 45.1 Å². The maximum Gasteiger partial charge on any atom is 0.308 e. The van der Waals surface area contributed by atoms with Crippen LogP contribution in [0.1, 0.15) is 60.8 Å². The first kappa shape index (κ1) is 28.8. The van der Waals surface area contributed by atoms with Crippen LogP contribution in [0.25, 0.3) is 0 Å². The van der Waals surface area contributed by atoms with E-state index < -0.39 is 6.10 Å². The maximum atomic E-state index is 11.8. The molecule has 2 heterocycles. The number of ether oxygens (including phenoxy) is 4. The molecule has 2 fully saturated rings. The van der Waals surface area contributed by atoms with Crippen LogP contribution in [0.2, 0.25) is 0 Å². The Hall–Kier alpha value is -1.47. The minimum Gasteiger partial charge on any atom is -0.469 e. The average molecular weight is 479 g/mol. The summed E-state index contributed by atoms with van der Waals surface area (Å²) in [5, 5.41) is 9.97. The summed E-state index contributed by atoms with van der Waals surface area (Å²) in [7, 11) is 3.05. The highest BCUT2D eigenvalue weighted by atomic mass is 16.6. The van der Waals surface area contributed by atoms with Crippen molar-refractivity contribution in [3.05, 3.63) is 36.5 Å². The lowest BCUT2D eigenvalue weighted by atomic mass is 9.81. The summed E-state index contributed by atoms with van der Waals surface area (Å²) in [6.45, 7) is 16.4. The first-order chi connectivity index (χ1) is 16.0. The normalized spacial score (nSPS) is 35.4. The van der Waals surface area contributed by atoms with E-state index in [1.165, 1.54) is 7.11 Å². The summed E-state index contributed by atoms with van der Waals surface area (Å²) in [6, 6.07) is 0. The molecule has 0 unspecified atom stereocenters. The second-order valence-corrected chi connectivity index (χ2v) is 10.6. The molecule has 10 atom stereocenters. The highest BCUT2D eigenvalue weighted by Crippen LogP contribution is 2.47. The highest BCUT2D eigenvalue weighted by molar-refractivity contribution is 5.69. The molecule has 0 aromatic rings. The number of esters is 1. The van der Waals surface area contributed by atoms with E-state index in [2.05, 4.69) is 59.4 Å². The van der Waals surface area contributed by atoms with Gasteiger partial charge in [0.05, 0.1) is 49.7 Å². The van der Waals surface area contributed by atoms with Gasteiger partial charge in [-0.05, 0) is 51.0 Å². The summed E-state index contributed by atoms with van der Waals surface area (Å²) in [4.78, 5) is 11.8. The Morgan fingerprint density at radius 2 is 1.97 bits per heavy atom. The molecule has 34 heavy (non-hydrogen) atoms. The first-order valence-electron chi connectivity index (χ1n) is 12.6. The Labute approximate surface area is 206 Å². The van der Waals surface area contributed by atoms with Crippen LogP contribution in [-0.4, -0.2) is 61.4 Å². The molecule has 1 N–H and O–H groups in total. The number of epoxide rings is 1. The molecule has 0 aliphatic carbocycles. The van der Waals surface area contributed by atoms with Gasteiger partial charge in [-0.25, -0.2) is 0 Å². The van der Waals surface area contributed by atoms with Gasteiger partial charge in [0.15, 0.2) is 0 Å². The lowest BCUT2D eigenvalue weighted by Gasteiger charge is -2.39. The van der Waals surface area contributed by atoms with Gasteiger partial charge in [0.2, 0.25) is 0 Å². The monoisotopic (exact) mass is 478 g/mol. The van der Waals surface area contributed by atoms with Crippen LogP contribution < -0.4 is 0 Å². The van der Waals surface area contributed by atoms with Crippen molar-refractivity contribution in [3.8, 4) is 0 Å². The fraction of sp³-hybridized carbons (Fsp3) is 0.750. The molecule has 2 saturated heterocycles. The lowest BCUT2D eigenvalue weighted by Crippen LogP contribution is -2.41. The number of carbonyl (C=O) groups excluding carboxylic acids is 1. The van der Waals surface area contributed by atoms with E-state index in [9.17, 15) is 9.90 Å². The molecule has 0 saturated carbocycles. The van der Waals surface area contributed by atoms with Crippen molar-refractivity contribution in [2.24, 2.45) is 23.7 Å². The van der Waals surface area contributed by atoms with E-state index >= 15 is 0 Å². The predicted octanol–water partition coefficient (Wildman–Crippen LogP) is 4.86. The molecule has 0 aromatic heterocycles. The van der Waals surface area contributed by atoms with Gasteiger partial charge in [0.1, 0.15) is 0 Å². The molecule has 0 spiro atoms. The molecule has 2 rings (SSSR count). The molecular weight excluding hydrogens is 432 g/mol. The Kier molecular flexibility index (Phi) is 10.6. The Bertz CT molecular complexity index is 743. The van der Waals surface area contributed by atoms with E-state index in [-0.39, 0.29) is 54.2 Å². The van der Waals surface area contributed by atoms with Gasteiger partial charge in [-0.15, -0.1) is 6.58 Å². The van der Waals surface area contributed by atoms with E-state index in [4.69, 9.17) is 18.9 Å². The molecule has 0 aromatic carbocycles. The number of aliphatic hydroxyl groups excluding tert-OH is 1. The molecule has 0 radical (unpaired) electrons. The largest absolute Gasteiger partial charge is 0.469 e. The Balaban J connectivity index is 1.95. The second-order valence-electron chi connectivity index (χ2n) is 10.6. The minimum absolute atomic E-state index is 0.0354. The third kappa shape index (κ3) is 7.27. The smallest absolute Gasteiger partial charge is 0.308 e. The molecule has 194 valence electrons. The van der Waals surface area contributed by atoms with Crippen molar-refractivity contribution in [1.82, 2.24) is 0 Å². The second kappa shape index (κ2) is 12.5. The zero-order valence-electron chi connectivity index (χ0n) is 22.3. The van der Waals surface area contributed by atoms with Gasteiger partial charge in [-0.2, -0.15) is 0 Å². The number of carbonyl (C=O) groups is 1. The van der Waals surface area contributed by atoms with Gasteiger partial charge in [0, 0.05) is 18.9 Å². The quantitative estimate of drug-likeness (QED) is 0.187. The summed E-state index contributed by atoms with van der Waals surface area (Å²) >= 11 is 0. The summed E-state index contributed by atoms with van der Waals surface area (Å²) in [5.41, 5.74) is 0.948. The van der Waals surface area contributed by atoms with Crippen LogP contribution in [0.5, 0.6) is 0 Å². The molecule has 6 heteroatoms. The number of methoxy groups -OCH3 is 2. The van der Waals surface area contributed by atoms with Crippen LogP contribution in [-0.2, 0) is 23.7 Å². The average Bonchev–Trinajstić information content (AvgIpc) is 3.44. The van der Waals surface area contributed by atoms with Crippen molar-refractivity contribution in [3.63, 3.8) is 0 Å². The van der Waals surface area contributed by atoms with E-state index in [0.717, 1.165) is 18.4 Å². The van der Waals surface area contributed by atoms with E-state index in [0.29, 0.717) is 11.8 Å². The first-order valence-corrected chi connectivity index (χ1v) is 12.6. The summed E-state index contributed by atoms with van der Waals surface area (Å²) < 4.78 is 22.8. The predicted molar refractivity (Wildman–Crippen MR) is 134 cm³/mol. The molecule has 0 amide bonds. The number of hydrogen-bond acceptors (Lipinski definition) is 6. The highest BCUT2D eigenvalue weighted by Gasteiger charge is 2.56. The number of rotatable bonds is 12. The van der Waals surface area contributed by atoms with Crippen molar-refractivity contribution < 1.29 is 28.8 Å². The van der Waals surface area contributed by atoms with Crippen LogP contribution in [0.3, 0.4) is 0 Å². The Morgan fingerprint density at radius 3 is 2.53 bits per heavy atom. The zero-order valence-corrected chi connectivity index (χ0v) is 22.3. The minimum atomic E-state index is -0.530. The summed E-state index contributed by atoms with van der Waals surface area (Å²) in [5.74, 6) is 0.683. The topological polar surface area (TPSA) is 77.5 Å². The number of allylic oxidation sites excluding steroid dienone is 3. The van der Waals surface area contributed by atoms with Crippen molar-refractivity contribution >= 4 is 5.97 Å². The number of aliphatic hydroxyl groups is 1. The summed E-state index contributed by atoms with van der Waals surface area (Å²) in [6.07, 6.45) is 9.47. The third-order valence-corrected chi connectivity index (χ3v) is 7.52. The van der Waals surface area contributed by atoms with Gasteiger partial charge in [-0.3, -0.25) is 4.79 Å². The third-order valence-electron chi connectivity index (χ3n) is 7.52. The molecular formula is C28H46O6. The van der Waals surface area contributed by atoms with Crippen LogP contribution in [0, 0.1) is 23.7 Å². The SMILES string of the molecule is C=C[C@@H]1C[C@H](C)[C@@H](/C(C)=C/C=C/[C@@H](C)C[C@@]2(C)O[C@@H]2[C@H](C)[C@@H](OC)[C@@H](C)O)O[C@H]1CC(=O)OC. The standard InChI is InChI=1S/C28H46O6/c1-10-22-14-19(4)25(33-23(22)15-24(30)31-8)18(3)13-11-12-17(2)16-28(7)27(34-28)20(5)26(32-9)21(6)29/h10-13,17,19-23,25-27,29H,1,14-16H2,2-9H3/b12-11+,18-13+/t17-,19+,20-,21-,22-,23+,25-,26-,27-,28-/m1/s1. The molecule has 2 aliphatic rings. The van der Waals surface area contributed by atoms with Crippen LogP contribution >= 0.6 is 0 Å². The van der Waals surface area contributed by atoms with Gasteiger partial charge in [0.25, 0.3) is 0 Å².